The first-order valence-corrected chi connectivity index (χ1v) is 5.84. The largest absolute Gasteiger partial charge is 0.376 e. The molecule has 0 bridgehead atoms. The van der Waals surface area contributed by atoms with Gasteiger partial charge in [-0.3, -0.25) is 14.9 Å². The minimum absolute atomic E-state index is 0.0477. The molecular weight excluding hydrogens is 234 g/mol. The first-order valence-electron chi connectivity index (χ1n) is 5.84. The quantitative estimate of drug-likeness (QED) is 0.613. The zero-order valence-electron chi connectivity index (χ0n) is 10.1. The van der Waals surface area contributed by atoms with Crippen LogP contribution in [-0.4, -0.2) is 23.4 Å². The molecule has 1 saturated carbocycles. The van der Waals surface area contributed by atoms with E-state index in [0.717, 1.165) is 12.8 Å². The molecule has 2 rings (SSSR count). The summed E-state index contributed by atoms with van der Waals surface area (Å²) < 4.78 is 0. The summed E-state index contributed by atoms with van der Waals surface area (Å²) in [6.45, 7) is 1.86. The fraction of sp³-hybridized carbons (Fsp3) is 0.417. The van der Waals surface area contributed by atoms with Gasteiger partial charge in [0.2, 0.25) is 5.91 Å². The van der Waals surface area contributed by atoms with E-state index in [2.05, 4.69) is 10.6 Å². The van der Waals surface area contributed by atoms with Crippen LogP contribution in [0.25, 0.3) is 0 Å². The Hall–Kier alpha value is -2.11. The number of nitrogens with zero attached hydrogens (tertiary/aromatic N) is 1. The molecule has 1 aliphatic rings. The van der Waals surface area contributed by atoms with Crippen molar-refractivity contribution < 1.29 is 9.72 Å². The van der Waals surface area contributed by atoms with Gasteiger partial charge in [0.25, 0.3) is 5.69 Å². The summed E-state index contributed by atoms with van der Waals surface area (Å²) in [5.41, 5.74) is 1.37. The Labute approximate surface area is 105 Å². The first kappa shape index (κ1) is 12.3. The van der Waals surface area contributed by atoms with Crippen molar-refractivity contribution in [2.45, 2.75) is 25.8 Å². The molecule has 96 valence electrons. The number of aryl methyl sites for hydroxylation is 1. The highest BCUT2D eigenvalue weighted by Gasteiger charge is 2.22. The number of rotatable bonds is 5. The zero-order valence-corrected chi connectivity index (χ0v) is 10.1. The van der Waals surface area contributed by atoms with Crippen molar-refractivity contribution in [2.75, 3.05) is 11.9 Å². The number of amides is 1. The van der Waals surface area contributed by atoms with Gasteiger partial charge in [0.05, 0.1) is 11.5 Å². The lowest BCUT2D eigenvalue weighted by Crippen LogP contribution is -2.31. The van der Waals surface area contributed by atoms with Crippen molar-refractivity contribution in [2.24, 2.45) is 0 Å². The minimum Gasteiger partial charge on any atom is -0.376 e. The first-order chi connectivity index (χ1) is 8.56. The van der Waals surface area contributed by atoms with Gasteiger partial charge in [-0.05, 0) is 31.9 Å². The highest BCUT2D eigenvalue weighted by molar-refractivity contribution is 5.81. The maximum Gasteiger partial charge on any atom is 0.272 e. The van der Waals surface area contributed by atoms with E-state index in [4.69, 9.17) is 0 Å². The second kappa shape index (κ2) is 5.03. The predicted octanol–water partition coefficient (Wildman–Crippen LogP) is 1.59. The van der Waals surface area contributed by atoms with Crippen LogP contribution in [0.3, 0.4) is 0 Å². The summed E-state index contributed by atoms with van der Waals surface area (Å²) in [4.78, 5) is 21.7. The molecule has 0 aromatic heterocycles. The zero-order chi connectivity index (χ0) is 13.1. The molecular formula is C12H15N3O3. The number of carbonyl (C=O) groups excluding carboxylic acids is 1. The SMILES string of the molecule is Cc1cc(NCC(=O)NC2CC2)ccc1[N+](=O)[O-]. The Morgan fingerprint density at radius 2 is 2.22 bits per heavy atom. The van der Waals surface area contributed by atoms with E-state index in [1.54, 1.807) is 19.1 Å². The number of hydrogen-bond donors (Lipinski definition) is 2. The van der Waals surface area contributed by atoms with Crippen LogP contribution in [0.5, 0.6) is 0 Å². The maximum absolute atomic E-state index is 11.4. The predicted molar refractivity (Wildman–Crippen MR) is 67.5 cm³/mol. The smallest absolute Gasteiger partial charge is 0.272 e. The van der Waals surface area contributed by atoms with Gasteiger partial charge in [-0.2, -0.15) is 0 Å². The van der Waals surface area contributed by atoms with Gasteiger partial charge in [-0.25, -0.2) is 0 Å². The van der Waals surface area contributed by atoms with Crippen molar-refractivity contribution >= 4 is 17.3 Å². The third-order valence-electron chi connectivity index (χ3n) is 2.79. The van der Waals surface area contributed by atoms with Gasteiger partial charge in [-0.1, -0.05) is 0 Å². The van der Waals surface area contributed by atoms with E-state index >= 15 is 0 Å². The van der Waals surface area contributed by atoms with Gasteiger partial charge in [0, 0.05) is 23.4 Å². The van der Waals surface area contributed by atoms with Crippen molar-refractivity contribution in [3.63, 3.8) is 0 Å². The Kier molecular flexibility index (Phi) is 3.45. The van der Waals surface area contributed by atoms with Crippen molar-refractivity contribution in [1.82, 2.24) is 5.32 Å². The second-order valence-corrected chi connectivity index (χ2v) is 4.45. The van der Waals surface area contributed by atoms with E-state index in [0.29, 0.717) is 17.3 Å². The topological polar surface area (TPSA) is 84.3 Å². The number of benzene rings is 1. The molecule has 1 aromatic carbocycles. The standard InChI is InChI=1S/C12H15N3O3/c1-8-6-10(4-5-11(8)15(17)18)13-7-12(16)14-9-2-3-9/h4-6,9,13H,2-3,7H2,1H3,(H,14,16). The molecule has 0 radical (unpaired) electrons. The molecule has 2 N–H and O–H groups in total. The van der Waals surface area contributed by atoms with E-state index in [9.17, 15) is 14.9 Å². The number of anilines is 1. The summed E-state index contributed by atoms with van der Waals surface area (Å²) in [5, 5.41) is 16.5. The Bertz CT molecular complexity index is 483. The van der Waals surface area contributed by atoms with Crippen LogP contribution < -0.4 is 10.6 Å². The summed E-state index contributed by atoms with van der Waals surface area (Å²) in [7, 11) is 0. The molecule has 18 heavy (non-hydrogen) atoms. The third kappa shape index (κ3) is 3.19. The lowest BCUT2D eigenvalue weighted by Gasteiger charge is -2.07. The van der Waals surface area contributed by atoms with E-state index in [1.807, 2.05) is 0 Å². The number of nitrogens with one attached hydrogen (secondary N) is 2. The highest BCUT2D eigenvalue weighted by Crippen LogP contribution is 2.21. The van der Waals surface area contributed by atoms with Crippen LogP contribution in [0.4, 0.5) is 11.4 Å². The molecule has 1 aromatic rings. The maximum atomic E-state index is 11.4. The Morgan fingerprint density at radius 1 is 1.50 bits per heavy atom. The molecule has 6 nitrogen and oxygen atoms in total. The van der Waals surface area contributed by atoms with Crippen LogP contribution in [0.2, 0.25) is 0 Å². The van der Waals surface area contributed by atoms with Gasteiger partial charge >= 0.3 is 0 Å². The lowest BCUT2D eigenvalue weighted by atomic mass is 10.2. The molecule has 0 heterocycles. The Balaban J connectivity index is 1.90. The molecule has 1 amide bonds. The van der Waals surface area contributed by atoms with Gasteiger partial charge in [-0.15, -0.1) is 0 Å². The van der Waals surface area contributed by atoms with Gasteiger partial charge < -0.3 is 10.6 Å². The fourth-order valence-corrected chi connectivity index (χ4v) is 1.66. The summed E-state index contributed by atoms with van der Waals surface area (Å²) in [6, 6.07) is 5.06. The molecule has 0 spiro atoms. The normalized spacial score (nSPS) is 14.1. The number of nitro groups is 1. The molecule has 1 fully saturated rings. The molecule has 0 atom stereocenters. The average Bonchev–Trinajstić information content (AvgIpc) is 3.10. The number of nitro benzene ring substituents is 1. The summed E-state index contributed by atoms with van der Waals surface area (Å²) >= 11 is 0. The number of carbonyl (C=O) groups is 1. The van der Waals surface area contributed by atoms with Crippen LogP contribution in [-0.2, 0) is 4.79 Å². The third-order valence-corrected chi connectivity index (χ3v) is 2.79. The summed E-state index contributed by atoms with van der Waals surface area (Å²) in [5.74, 6) is -0.0477. The molecule has 1 aliphatic carbocycles. The molecule has 6 heteroatoms. The minimum atomic E-state index is -0.418. The van der Waals surface area contributed by atoms with Gasteiger partial charge in [0.15, 0.2) is 0 Å². The van der Waals surface area contributed by atoms with Crippen LogP contribution in [0.1, 0.15) is 18.4 Å². The van der Waals surface area contributed by atoms with Crippen LogP contribution in [0, 0.1) is 17.0 Å². The Morgan fingerprint density at radius 3 is 2.78 bits per heavy atom. The van der Waals surface area contributed by atoms with Crippen molar-refractivity contribution in [3.05, 3.63) is 33.9 Å². The van der Waals surface area contributed by atoms with Crippen molar-refractivity contribution in [1.29, 1.82) is 0 Å². The fourth-order valence-electron chi connectivity index (χ4n) is 1.66. The van der Waals surface area contributed by atoms with Gasteiger partial charge in [0.1, 0.15) is 0 Å². The van der Waals surface area contributed by atoms with E-state index < -0.39 is 4.92 Å². The highest BCUT2D eigenvalue weighted by atomic mass is 16.6. The second-order valence-electron chi connectivity index (χ2n) is 4.45. The summed E-state index contributed by atoms with van der Waals surface area (Å²) in [6.07, 6.45) is 2.12. The van der Waals surface area contributed by atoms with E-state index in [-0.39, 0.29) is 18.1 Å². The molecule has 0 unspecified atom stereocenters. The van der Waals surface area contributed by atoms with Crippen LogP contribution >= 0.6 is 0 Å². The van der Waals surface area contributed by atoms with Crippen LogP contribution in [0.15, 0.2) is 18.2 Å². The lowest BCUT2D eigenvalue weighted by molar-refractivity contribution is -0.385. The average molecular weight is 249 g/mol. The van der Waals surface area contributed by atoms with E-state index in [1.165, 1.54) is 6.07 Å². The monoisotopic (exact) mass is 249 g/mol. The number of hydrogen-bond acceptors (Lipinski definition) is 4. The molecule has 0 saturated heterocycles. The van der Waals surface area contributed by atoms with Crippen molar-refractivity contribution in [3.8, 4) is 0 Å². The molecule has 0 aliphatic heterocycles.